The van der Waals surface area contributed by atoms with Gasteiger partial charge in [0, 0.05) is 19.0 Å². The van der Waals surface area contributed by atoms with Crippen LogP contribution in [0.3, 0.4) is 0 Å². The Morgan fingerprint density at radius 2 is 1.87 bits per heavy atom. The van der Waals surface area contributed by atoms with Gasteiger partial charge in [0.1, 0.15) is 17.5 Å². The Morgan fingerprint density at radius 1 is 1.16 bits per heavy atom. The quantitative estimate of drug-likeness (QED) is 0.643. The van der Waals surface area contributed by atoms with Crippen LogP contribution >= 0.6 is 0 Å². The molecule has 1 aliphatic carbocycles. The molecule has 170 valence electrons. The van der Waals surface area contributed by atoms with Crippen molar-refractivity contribution in [3.05, 3.63) is 29.3 Å². The first kappa shape index (κ1) is 22.0. The number of carbonyl (C=O) groups excluding carboxylic acids is 2. The Hall–Kier alpha value is -2.24. The molecule has 2 fully saturated rings. The van der Waals surface area contributed by atoms with Gasteiger partial charge in [-0.05, 0) is 75.5 Å². The molecule has 1 amide bonds. The van der Waals surface area contributed by atoms with Gasteiger partial charge in [-0.15, -0.1) is 0 Å². The van der Waals surface area contributed by atoms with Crippen LogP contribution < -0.4 is 4.74 Å². The minimum absolute atomic E-state index is 0.110. The van der Waals surface area contributed by atoms with Crippen LogP contribution in [0, 0.1) is 17.8 Å². The van der Waals surface area contributed by atoms with Crippen LogP contribution in [0.25, 0.3) is 0 Å². The molecule has 0 spiro atoms. The fourth-order valence-corrected chi connectivity index (χ4v) is 4.93. The lowest BCUT2D eigenvalue weighted by molar-refractivity contribution is -0.145. The number of nitrogens with zero attached hydrogens (tertiary/aromatic N) is 1. The molecule has 6 heteroatoms. The van der Waals surface area contributed by atoms with Crippen molar-refractivity contribution in [3.8, 4) is 5.75 Å². The molecule has 31 heavy (non-hydrogen) atoms. The number of benzene rings is 1. The number of esters is 1. The summed E-state index contributed by atoms with van der Waals surface area (Å²) < 4.78 is 16.9. The fourth-order valence-electron chi connectivity index (χ4n) is 4.93. The monoisotopic (exact) mass is 429 g/mol. The Bertz CT molecular complexity index is 835. The molecular weight excluding hydrogens is 394 g/mol. The fraction of sp³-hybridized carbons (Fsp3) is 0.680. The molecule has 2 aliphatic heterocycles. The van der Waals surface area contributed by atoms with Gasteiger partial charge < -0.3 is 19.1 Å². The van der Waals surface area contributed by atoms with Crippen LogP contribution in [0.15, 0.2) is 18.2 Å². The predicted octanol–water partition coefficient (Wildman–Crippen LogP) is 4.55. The lowest BCUT2D eigenvalue weighted by Gasteiger charge is -2.44. The summed E-state index contributed by atoms with van der Waals surface area (Å²) in [5.41, 5.74) is 1.92. The second kappa shape index (κ2) is 8.36. The first-order valence-electron chi connectivity index (χ1n) is 11.5. The van der Waals surface area contributed by atoms with Crippen LogP contribution in [-0.4, -0.2) is 48.9 Å². The normalized spacial score (nSPS) is 23.1. The molecule has 1 saturated carbocycles. The van der Waals surface area contributed by atoms with E-state index in [1.165, 1.54) is 18.2 Å². The standard InChI is InChI=1S/C25H35NO5/c1-15(23(27)29-5)22(17-7-8-17)18-9-6-16-10-11-20(30-21(16)12-18)19-13-26(14-19)24(28)31-25(2,3)4/h6,9,12,15,17,19-20,22H,7-8,10-11,13-14H2,1-5H3/t15-,20?,22-/m0/s1. The molecule has 1 unspecified atom stereocenters. The Kier molecular flexibility index (Phi) is 5.93. The highest BCUT2D eigenvalue weighted by atomic mass is 16.6. The van der Waals surface area contributed by atoms with E-state index in [1.807, 2.05) is 27.7 Å². The van der Waals surface area contributed by atoms with Crippen molar-refractivity contribution in [1.29, 1.82) is 0 Å². The minimum Gasteiger partial charge on any atom is -0.490 e. The van der Waals surface area contributed by atoms with Crippen LogP contribution in [0.1, 0.15) is 64.0 Å². The number of carbonyl (C=O) groups is 2. The molecule has 6 nitrogen and oxygen atoms in total. The average molecular weight is 430 g/mol. The number of methoxy groups -OCH3 is 1. The summed E-state index contributed by atoms with van der Waals surface area (Å²) in [6.07, 6.45) is 4.13. The van der Waals surface area contributed by atoms with Gasteiger partial charge in [0.2, 0.25) is 0 Å². The summed E-state index contributed by atoms with van der Waals surface area (Å²) in [5.74, 6) is 1.67. The summed E-state index contributed by atoms with van der Waals surface area (Å²) in [6, 6.07) is 6.47. The SMILES string of the molecule is COC(=O)[C@@H](C)[C@H](c1ccc2c(c1)OC(C1CN(C(=O)OC(C)(C)C)C1)CC2)C1CC1. The molecule has 0 aromatic heterocycles. The summed E-state index contributed by atoms with van der Waals surface area (Å²) in [5, 5.41) is 0. The van der Waals surface area contributed by atoms with E-state index >= 15 is 0 Å². The number of fused-ring (bicyclic) bond motifs is 1. The molecule has 1 aromatic carbocycles. The van der Waals surface area contributed by atoms with Crippen LogP contribution in [-0.2, 0) is 20.7 Å². The number of amides is 1. The predicted molar refractivity (Wildman–Crippen MR) is 117 cm³/mol. The largest absolute Gasteiger partial charge is 0.490 e. The third-order valence-corrected chi connectivity index (χ3v) is 6.78. The molecule has 3 aliphatic rings. The Morgan fingerprint density at radius 3 is 2.48 bits per heavy atom. The molecule has 1 saturated heterocycles. The summed E-state index contributed by atoms with van der Waals surface area (Å²) in [7, 11) is 1.46. The molecule has 2 heterocycles. The van der Waals surface area contributed by atoms with E-state index in [2.05, 4.69) is 18.2 Å². The van der Waals surface area contributed by atoms with Gasteiger partial charge >= 0.3 is 12.1 Å². The summed E-state index contributed by atoms with van der Waals surface area (Å²) >= 11 is 0. The average Bonchev–Trinajstić information content (AvgIpc) is 3.49. The van der Waals surface area contributed by atoms with Crippen molar-refractivity contribution in [1.82, 2.24) is 4.90 Å². The van der Waals surface area contributed by atoms with Gasteiger partial charge in [-0.3, -0.25) is 4.79 Å². The number of rotatable bonds is 5. The van der Waals surface area contributed by atoms with E-state index in [0.29, 0.717) is 24.9 Å². The van der Waals surface area contributed by atoms with Crippen LogP contribution in [0.2, 0.25) is 0 Å². The molecule has 0 bridgehead atoms. The summed E-state index contributed by atoms with van der Waals surface area (Å²) in [6.45, 7) is 8.99. The minimum atomic E-state index is -0.474. The second-order valence-electron chi connectivity index (χ2n) is 10.4. The zero-order valence-corrected chi connectivity index (χ0v) is 19.3. The maximum atomic E-state index is 12.2. The Balaban J connectivity index is 1.41. The number of ether oxygens (including phenoxy) is 3. The third kappa shape index (κ3) is 4.83. The molecule has 3 atom stereocenters. The van der Waals surface area contributed by atoms with Crippen molar-refractivity contribution in [3.63, 3.8) is 0 Å². The molecule has 1 aromatic rings. The van der Waals surface area contributed by atoms with Gasteiger partial charge in [0.15, 0.2) is 0 Å². The van der Waals surface area contributed by atoms with Gasteiger partial charge in [-0.1, -0.05) is 19.1 Å². The van der Waals surface area contributed by atoms with Gasteiger partial charge in [0.25, 0.3) is 0 Å². The van der Waals surface area contributed by atoms with E-state index in [1.54, 1.807) is 4.90 Å². The molecule has 0 radical (unpaired) electrons. The van der Waals surface area contributed by atoms with E-state index in [4.69, 9.17) is 14.2 Å². The van der Waals surface area contributed by atoms with E-state index in [-0.39, 0.29) is 30.0 Å². The number of likely N-dealkylation sites (tertiary alicyclic amines) is 1. The van der Waals surface area contributed by atoms with Gasteiger partial charge in [-0.25, -0.2) is 4.79 Å². The maximum Gasteiger partial charge on any atom is 0.410 e. The molecule has 0 N–H and O–H groups in total. The number of aryl methyl sites for hydroxylation is 1. The number of hydrogen-bond donors (Lipinski definition) is 0. The zero-order valence-electron chi connectivity index (χ0n) is 19.3. The van der Waals surface area contributed by atoms with Crippen LogP contribution in [0.5, 0.6) is 5.75 Å². The second-order valence-corrected chi connectivity index (χ2v) is 10.4. The van der Waals surface area contributed by atoms with Crippen molar-refractivity contribution >= 4 is 12.1 Å². The first-order chi connectivity index (χ1) is 14.7. The smallest absolute Gasteiger partial charge is 0.410 e. The van der Waals surface area contributed by atoms with Crippen molar-refractivity contribution in [2.24, 2.45) is 17.8 Å². The highest BCUT2D eigenvalue weighted by molar-refractivity contribution is 5.73. The lowest BCUT2D eigenvalue weighted by atomic mass is 9.82. The van der Waals surface area contributed by atoms with Crippen molar-refractivity contribution in [2.75, 3.05) is 20.2 Å². The van der Waals surface area contributed by atoms with Crippen LogP contribution in [0.4, 0.5) is 4.79 Å². The van der Waals surface area contributed by atoms with E-state index < -0.39 is 5.60 Å². The summed E-state index contributed by atoms with van der Waals surface area (Å²) in [4.78, 5) is 26.2. The number of hydrogen-bond acceptors (Lipinski definition) is 5. The Labute approximate surface area is 185 Å². The van der Waals surface area contributed by atoms with E-state index in [9.17, 15) is 9.59 Å². The highest BCUT2D eigenvalue weighted by Gasteiger charge is 2.42. The van der Waals surface area contributed by atoms with Crippen molar-refractivity contribution < 1.29 is 23.8 Å². The lowest BCUT2D eigenvalue weighted by Crippen LogP contribution is -2.57. The van der Waals surface area contributed by atoms with Crippen molar-refractivity contribution in [2.45, 2.75) is 71.0 Å². The van der Waals surface area contributed by atoms with E-state index in [0.717, 1.165) is 31.4 Å². The topological polar surface area (TPSA) is 65.1 Å². The highest BCUT2D eigenvalue weighted by Crippen LogP contribution is 2.48. The first-order valence-corrected chi connectivity index (χ1v) is 11.5. The van der Waals surface area contributed by atoms with Gasteiger partial charge in [0.05, 0.1) is 13.0 Å². The zero-order chi connectivity index (χ0) is 22.3. The molecule has 4 rings (SSSR count). The van der Waals surface area contributed by atoms with Gasteiger partial charge in [-0.2, -0.15) is 0 Å². The third-order valence-electron chi connectivity index (χ3n) is 6.78. The maximum absolute atomic E-state index is 12.2. The molecular formula is C25H35NO5.